The van der Waals surface area contributed by atoms with E-state index >= 15 is 0 Å². The third kappa shape index (κ3) is 2.40. The van der Waals surface area contributed by atoms with Gasteiger partial charge in [0, 0.05) is 24.0 Å². The first-order chi connectivity index (χ1) is 9.75. The van der Waals surface area contributed by atoms with Gasteiger partial charge in [-0.3, -0.25) is 14.2 Å². The lowest BCUT2D eigenvalue weighted by Gasteiger charge is -1.98. The lowest BCUT2D eigenvalue weighted by Crippen LogP contribution is -2.17. The van der Waals surface area contributed by atoms with E-state index in [0.29, 0.717) is 16.4 Å². The Bertz CT molecular complexity index is 780. The Morgan fingerprint density at radius 1 is 1.55 bits per heavy atom. The number of nitrogens with zero attached hydrogens (tertiary/aromatic N) is 4. The summed E-state index contributed by atoms with van der Waals surface area (Å²) in [5.41, 5.74) is 3.47. The number of hydrazone groups is 1. The number of rotatable bonds is 3. The van der Waals surface area contributed by atoms with Crippen molar-refractivity contribution in [3.8, 4) is 0 Å². The van der Waals surface area contributed by atoms with Crippen molar-refractivity contribution in [3.63, 3.8) is 0 Å². The maximum absolute atomic E-state index is 11.8. The number of nitrogens with one attached hydrogen (secondary N) is 1. The van der Waals surface area contributed by atoms with Gasteiger partial charge in [0.2, 0.25) is 0 Å². The summed E-state index contributed by atoms with van der Waals surface area (Å²) in [4.78, 5) is 20.6. The van der Waals surface area contributed by atoms with E-state index in [1.54, 1.807) is 22.7 Å². The van der Waals surface area contributed by atoms with E-state index in [0.717, 1.165) is 4.96 Å². The van der Waals surface area contributed by atoms with Crippen LogP contribution in [0.25, 0.3) is 4.96 Å². The molecule has 0 atom stereocenters. The van der Waals surface area contributed by atoms with Gasteiger partial charge < -0.3 is 0 Å². The first-order valence-electron chi connectivity index (χ1n) is 5.60. The topological polar surface area (TPSA) is 71.7 Å². The van der Waals surface area contributed by atoms with E-state index in [1.807, 2.05) is 11.6 Å². The largest absolute Gasteiger partial charge is 0.288 e. The van der Waals surface area contributed by atoms with Crippen LogP contribution in [-0.2, 0) is 0 Å². The van der Waals surface area contributed by atoms with Crippen LogP contribution in [0.15, 0.2) is 41.2 Å². The molecule has 1 N–H and O–H groups in total. The minimum atomic E-state index is -0.337. The molecule has 0 spiro atoms. The number of amides is 1. The smallest absolute Gasteiger partial charge is 0.272 e. The monoisotopic (exact) mass is 305 g/mol. The highest BCUT2D eigenvalue weighted by Gasteiger charge is 2.09. The number of imidazole rings is 1. The van der Waals surface area contributed by atoms with Crippen molar-refractivity contribution >= 4 is 40.0 Å². The number of carbonyl (C=O) groups excluding carboxylic acids is 1. The normalized spacial score (nSPS) is 11.2. The average molecular weight is 306 g/mol. The van der Waals surface area contributed by atoms with E-state index in [-0.39, 0.29) is 5.91 Å². The SMILES string of the molecule is O=C(N/N=C/c1c(Cl)nc2sccn12)c1cccnc1. The standard InChI is InChI=1S/C12H8ClN5OS/c13-10-9(18-4-5-20-12(18)16-10)7-15-17-11(19)8-2-1-3-14-6-8/h1-7H,(H,17,19)/b15-7+. The highest BCUT2D eigenvalue weighted by molar-refractivity contribution is 7.15. The Kier molecular flexibility index (Phi) is 3.44. The Hall–Kier alpha value is -2.25. The number of fused-ring (bicyclic) bond motifs is 1. The van der Waals surface area contributed by atoms with Crippen LogP contribution >= 0.6 is 22.9 Å². The molecule has 0 aliphatic heterocycles. The van der Waals surface area contributed by atoms with Crippen LogP contribution in [0, 0.1) is 0 Å². The van der Waals surface area contributed by atoms with Gasteiger partial charge in [-0.2, -0.15) is 5.10 Å². The minimum absolute atomic E-state index is 0.337. The molecule has 0 unspecified atom stereocenters. The van der Waals surface area contributed by atoms with Gasteiger partial charge in [-0.25, -0.2) is 10.4 Å². The summed E-state index contributed by atoms with van der Waals surface area (Å²) in [6.07, 6.45) is 6.36. The lowest BCUT2D eigenvalue weighted by atomic mass is 10.3. The van der Waals surface area contributed by atoms with Crippen LogP contribution in [0.3, 0.4) is 0 Å². The maximum Gasteiger partial charge on any atom is 0.272 e. The van der Waals surface area contributed by atoms with E-state index in [4.69, 9.17) is 11.6 Å². The first kappa shape index (κ1) is 12.8. The molecule has 0 aliphatic carbocycles. The van der Waals surface area contributed by atoms with Crippen molar-refractivity contribution in [2.45, 2.75) is 0 Å². The van der Waals surface area contributed by atoms with Crippen molar-refractivity contribution < 1.29 is 4.79 Å². The molecule has 6 nitrogen and oxygen atoms in total. The average Bonchev–Trinajstić information content (AvgIpc) is 3.02. The molecule has 0 fully saturated rings. The van der Waals surface area contributed by atoms with Crippen molar-refractivity contribution in [1.29, 1.82) is 0 Å². The second-order valence-corrected chi connectivity index (χ2v) is 5.02. The van der Waals surface area contributed by atoms with Crippen LogP contribution in [0.1, 0.15) is 16.1 Å². The second-order valence-electron chi connectivity index (χ2n) is 3.78. The fourth-order valence-corrected chi connectivity index (χ4v) is 2.60. The zero-order chi connectivity index (χ0) is 13.9. The van der Waals surface area contributed by atoms with Gasteiger partial charge in [0.15, 0.2) is 10.1 Å². The molecule has 0 radical (unpaired) electrons. The number of hydrogen-bond donors (Lipinski definition) is 1. The number of halogens is 1. The fraction of sp³-hybridized carbons (Fsp3) is 0. The van der Waals surface area contributed by atoms with E-state index in [2.05, 4.69) is 20.5 Å². The molecule has 100 valence electrons. The Morgan fingerprint density at radius 2 is 2.45 bits per heavy atom. The molecule has 0 saturated carbocycles. The fourth-order valence-electron chi connectivity index (χ4n) is 1.61. The van der Waals surface area contributed by atoms with Crippen LogP contribution in [0.2, 0.25) is 5.15 Å². The molecular formula is C12H8ClN5OS. The summed E-state index contributed by atoms with van der Waals surface area (Å²) < 4.78 is 1.80. The maximum atomic E-state index is 11.8. The van der Waals surface area contributed by atoms with Crippen molar-refractivity contribution in [2.24, 2.45) is 5.10 Å². The van der Waals surface area contributed by atoms with Crippen LogP contribution in [0.5, 0.6) is 0 Å². The van der Waals surface area contributed by atoms with Crippen LogP contribution < -0.4 is 5.43 Å². The predicted molar refractivity (Wildman–Crippen MR) is 77.4 cm³/mol. The molecule has 8 heteroatoms. The molecule has 3 aromatic heterocycles. The van der Waals surface area contributed by atoms with Gasteiger partial charge in [0.05, 0.1) is 11.8 Å². The highest BCUT2D eigenvalue weighted by Crippen LogP contribution is 2.19. The summed E-state index contributed by atoms with van der Waals surface area (Å²) in [5, 5.41) is 6.12. The quantitative estimate of drug-likeness (QED) is 0.595. The van der Waals surface area contributed by atoms with E-state index in [1.165, 1.54) is 23.7 Å². The molecule has 0 aromatic carbocycles. The Labute approximate surface area is 122 Å². The summed E-state index contributed by atoms with van der Waals surface area (Å²) in [6, 6.07) is 3.34. The second kappa shape index (κ2) is 5.40. The zero-order valence-electron chi connectivity index (χ0n) is 10.0. The third-order valence-corrected chi connectivity index (χ3v) is 3.57. The van der Waals surface area contributed by atoms with Crippen LogP contribution in [-0.4, -0.2) is 26.5 Å². The molecule has 3 aromatic rings. The van der Waals surface area contributed by atoms with Gasteiger partial charge >= 0.3 is 0 Å². The summed E-state index contributed by atoms with van der Waals surface area (Å²) in [7, 11) is 0. The number of thiazole rings is 1. The van der Waals surface area contributed by atoms with Gasteiger partial charge in [0.1, 0.15) is 5.69 Å². The number of carbonyl (C=O) groups is 1. The Balaban J connectivity index is 1.76. The van der Waals surface area contributed by atoms with Crippen molar-refractivity contribution in [3.05, 3.63) is 52.5 Å². The van der Waals surface area contributed by atoms with Gasteiger partial charge in [-0.05, 0) is 12.1 Å². The van der Waals surface area contributed by atoms with Crippen molar-refractivity contribution in [2.75, 3.05) is 0 Å². The number of pyridine rings is 1. The predicted octanol–water partition coefficient (Wildman–Crippen LogP) is 2.21. The molecule has 3 rings (SSSR count). The minimum Gasteiger partial charge on any atom is -0.288 e. The van der Waals surface area contributed by atoms with Gasteiger partial charge in [-0.15, -0.1) is 11.3 Å². The molecule has 0 aliphatic rings. The highest BCUT2D eigenvalue weighted by atomic mass is 35.5. The van der Waals surface area contributed by atoms with Gasteiger partial charge in [-0.1, -0.05) is 11.6 Å². The van der Waals surface area contributed by atoms with Crippen molar-refractivity contribution in [1.82, 2.24) is 19.8 Å². The molecule has 0 saturated heterocycles. The van der Waals surface area contributed by atoms with E-state index in [9.17, 15) is 4.79 Å². The molecular weight excluding hydrogens is 298 g/mol. The molecule has 1 amide bonds. The molecule has 3 heterocycles. The van der Waals surface area contributed by atoms with Gasteiger partial charge in [0.25, 0.3) is 5.91 Å². The molecule has 0 bridgehead atoms. The Morgan fingerprint density at radius 3 is 3.25 bits per heavy atom. The van der Waals surface area contributed by atoms with E-state index < -0.39 is 0 Å². The lowest BCUT2D eigenvalue weighted by molar-refractivity contribution is 0.0955. The summed E-state index contributed by atoms with van der Waals surface area (Å²) >= 11 is 7.47. The summed E-state index contributed by atoms with van der Waals surface area (Å²) in [6.45, 7) is 0. The van der Waals surface area contributed by atoms with Crippen LogP contribution in [0.4, 0.5) is 0 Å². The zero-order valence-corrected chi connectivity index (χ0v) is 11.6. The number of hydrogen-bond acceptors (Lipinski definition) is 5. The summed E-state index contributed by atoms with van der Waals surface area (Å²) in [5.74, 6) is -0.337. The molecule has 20 heavy (non-hydrogen) atoms. The number of aromatic nitrogens is 3. The third-order valence-electron chi connectivity index (χ3n) is 2.53. The first-order valence-corrected chi connectivity index (χ1v) is 6.86.